The van der Waals surface area contributed by atoms with E-state index in [1.54, 1.807) is 18.2 Å². The van der Waals surface area contributed by atoms with Gasteiger partial charge in [-0.1, -0.05) is 36.7 Å². The van der Waals surface area contributed by atoms with Crippen LogP contribution in [-0.2, 0) is 16.1 Å². The lowest BCUT2D eigenvalue weighted by molar-refractivity contribution is -0.384. The number of hydrogen-bond donors (Lipinski definition) is 2. The smallest absolute Gasteiger partial charge is 0.339 e. The number of nitro groups is 1. The van der Waals surface area contributed by atoms with Gasteiger partial charge in [0.15, 0.2) is 6.10 Å². The molecule has 0 heterocycles. The van der Waals surface area contributed by atoms with E-state index in [0.29, 0.717) is 11.6 Å². The van der Waals surface area contributed by atoms with Crippen LogP contribution in [0.1, 0.15) is 36.2 Å². The lowest BCUT2D eigenvalue weighted by Crippen LogP contribution is -2.36. The normalized spacial score (nSPS) is 11.4. The zero-order valence-electron chi connectivity index (χ0n) is 16.1. The minimum atomic E-state index is -1.01. The van der Waals surface area contributed by atoms with Gasteiger partial charge in [0.05, 0.1) is 10.5 Å². The summed E-state index contributed by atoms with van der Waals surface area (Å²) >= 11 is 6.10. The highest BCUT2D eigenvalue weighted by Gasteiger charge is 2.22. The maximum atomic E-state index is 12.3. The number of anilines is 1. The van der Waals surface area contributed by atoms with Crippen LogP contribution in [-0.4, -0.2) is 29.4 Å². The minimum Gasteiger partial charge on any atom is -0.449 e. The number of esters is 1. The predicted octanol–water partition coefficient (Wildman–Crippen LogP) is 3.93. The molecule has 0 aliphatic rings. The largest absolute Gasteiger partial charge is 0.449 e. The zero-order valence-corrected chi connectivity index (χ0v) is 16.9. The van der Waals surface area contributed by atoms with Gasteiger partial charge in [-0.15, -0.1) is 0 Å². The molecular weight excluding hydrogens is 398 g/mol. The Morgan fingerprint density at radius 1 is 1.24 bits per heavy atom. The fourth-order valence-corrected chi connectivity index (χ4v) is 2.67. The second-order valence-corrected chi connectivity index (χ2v) is 6.68. The van der Waals surface area contributed by atoms with Crippen LogP contribution in [0.25, 0.3) is 0 Å². The Morgan fingerprint density at radius 2 is 1.97 bits per heavy atom. The molecule has 1 amide bonds. The molecule has 2 rings (SSSR count). The number of carbonyl (C=O) groups is 2. The summed E-state index contributed by atoms with van der Waals surface area (Å²) in [4.78, 5) is 35.0. The van der Waals surface area contributed by atoms with E-state index in [1.165, 1.54) is 19.1 Å². The second-order valence-electron chi connectivity index (χ2n) is 6.27. The quantitative estimate of drug-likeness (QED) is 0.362. The standard InChI is InChI=1S/C20H22ClN3O5/c1-3-10-22-19(25)13(2)29-20(26)14-8-9-17(18(11-14)24(27)28)23-12-15-6-4-5-7-16(15)21/h4-9,11,13,23H,3,10,12H2,1-2H3,(H,22,25)/t13-/m1/s1. The van der Waals surface area contributed by atoms with Crippen molar-refractivity contribution in [2.24, 2.45) is 0 Å². The average molecular weight is 420 g/mol. The molecule has 1 atom stereocenters. The molecule has 0 bridgehead atoms. The summed E-state index contributed by atoms with van der Waals surface area (Å²) in [6.45, 7) is 4.09. The first-order valence-electron chi connectivity index (χ1n) is 9.07. The third kappa shape index (κ3) is 6.18. The summed E-state index contributed by atoms with van der Waals surface area (Å²) in [5.41, 5.74) is 0.712. The first-order chi connectivity index (χ1) is 13.8. The topological polar surface area (TPSA) is 111 Å². The highest BCUT2D eigenvalue weighted by atomic mass is 35.5. The van der Waals surface area contributed by atoms with Gasteiger partial charge in [-0.05, 0) is 37.1 Å². The van der Waals surface area contributed by atoms with Crippen molar-refractivity contribution < 1.29 is 19.2 Å². The van der Waals surface area contributed by atoms with Crippen LogP contribution >= 0.6 is 11.6 Å². The van der Waals surface area contributed by atoms with Crippen molar-refractivity contribution in [1.29, 1.82) is 0 Å². The number of halogens is 1. The molecule has 0 aliphatic heterocycles. The molecule has 0 spiro atoms. The monoisotopic (exact) mass is 419 g/mol. The van der Waals surface area contributed by atoms with Gasteiger partial charge in [-0.3, -0.25) is 14.9 Å². The number of benzene rings is 2. The van der Waals surface area contributed by atoms with E-state index < -0.39 is 22.9 Å². The summed E-state index contributed by atoms with van der Waals surface area (Å²) < 4.78 is 5.10. The van der Waals surface area contributed by atoms with Gasteiger partial charge in [0.1, 0.15) is 5.69 Å². The molecule has 154 valence electrons. The Kier molecular flexibility index (Phi) is 7.97. The molecule has 0 aliphatic carbocycles. The fraction of sp³-hybridized carbons (Fsp3) is 0.300. The van der Waals surface area contributed by atoms with E-state index in [1.807, 2.05) is 13.0 Å². The van der Waals surface area contributed by atoms with Crippen LogP contribution in [0.2, 0.25) is 5.02 Å². The first-order valence-corrected chi connectivity index (χ1v) is 9.45. The molecule has 2 N–H and O–H groups in total. The predicted molar refractivity (Wildman–Crippen MR) is 110 cm³/mol. The van der Waals surface area contributed by atoms with Crippen LogP contribution in [0, 0.1) is 10.1 Å². The molecule has 29 heavy (non-hydrogen) atoms. The van der Waals surface area contributed by atoms with Crippen molar-refractivity contribution in [3.8, 4) is 0 Å². The fourth-order valence-electron chi connectivity index (χ4n) is 2.47. The summed E-state index contributed by atoms with van der Waals surface area (Å²) in [5.74, 6) is -1.24. The van der Waals surface area contributed by atoms with Crippen molar-refractivity contribution in [3.05, 3.63) is 68.7 Å². The number of amides is 1. The van der Waals surface area contributed by atoms with Crippen molar-refractivity contribution in [2.75, 3.05) is 11.9 Å². The van der Waals surface area contributed by atoms with E-state index in [9.17, 15) is 19.7 Å². The number of carbonyl (C=O) groups excluding carboxylic acids is 2. The molecule has 0 saturated carbocycles. The molecular formula is C20H22ClN3O5. The van der Waals surface area contributed by atoms with Gasteiger partial charge < -0.3 is 15.4 Å². The van der Waals surface area contributed by atoms with Gasteiger partial charge in [0, 0.05) is 24.2 Å². The Morgan fingerprint density at radius 3 is 2.62 bits per heavy atom. The molecule has 2 aromatic rings. The molecule has 0 fully saturated rings. The number of ether oxygens (including phenoxy) is 1. The number of nitrogens with zero attached hydrogens (tertiary/aromatic N) is 1. The van der Waals surface area contributed by atoms with Crippen LogP contribution in [0.5, 0.6) is 0 Å². The van der Waals surface area contributed by atoms with Crippen LogP contribution < -0.4 is 10.6 Å². The van der Waals surface area contributed by atoms with Gasteiger partial charge in [-0.2, -0.15) is 0 Å². The van der Waals surface area contributed by atoms with Crippen molar-refractivity contribution in [2.45, 2.75) is 32.9 Å². The van der Waals surface area contributed by atoms with Crippen LogP contribution in [0.3, 0.4) is 0 Å². The molecule has 0 unspecified atom stereocenters. The summed E-state index contributed by atoms with van der Waals surface area (Å²) in [6, 6.07) is 11.1. The van der Waals surface area contributed by atoms with Crippen molar-refractivity contribution >= 4 is 34.9 Å². The van der Waals surface area contributed by atoms with E-state index in [-0.39, 0.29) is 23.5 Å². The molecule has 0 radical (unpaired) electrons. The van der Waals surface area contributed by atoms with E-state index >= 15 is 0 Å². The summed E-state index contributed by atoms with van der Waals surface area (Å²) in [6.07, 6.45) is -0.257. The molecule has 2 aromatic carbocycles. The summed E-state index contributed by atoms with van der Waals surface area (Å²) in [5, 5.41) is 17.6. The van der Waals surface area contributed by atoms with Crippen molar-refractivity contribution in [3.63, 3.8) is 0 Å². The number of rotatable bonds is 9. The van der Waals surface area contributed by atoms with Gasteiger partial charge in [0.2, 0.25) is 0 Å². The Labute approximate surface area is 173 Å². The van der Waals surface area contributed by atoms with Crippen LogP contribution in [0.4, 0.5) is 11.4 Å². The Bertz CT molecular complexity index is 903. The highest BCUT2D eigenvalue weighted by molar-refractivity contribution is 6.31. The number of hydrogen-bond acceptors (Lipinski definition) is 6. The highest BCUT2D eigenvalue weighted by Crippen LogP contribution is 2.27. The van der Waals surface area contributed by atoms with Crippen LogP contribution in [0.15, 0.2) is 42.5 Å². The lowest BCUT2D eigenvalue weighted by Gasteiger charge is -2.14. The minimum absolute atomic E-state index is 0.0184. The SMILES string of the molecule is CCCNC(=O)[C@@H](C)OC(=O)c1ccc(NCc2ccccc2Cl)c([N+](=O)[O-])c1. The maximum Gasteiger partial charge on any atom is 0.339 e. The van der Waals surface area contributed by atoms with Gasteiger partial charge in [-0.25, -0.2) is 4.79 Å². The maximum absolute atomic E-state index is 12.3. The third-order valence-corrected chi connectivity index (χ3v) is 4.43. The average Bonchev–Trinajstić information content (AvgIpc) is 2.71. The Balaban J connectivity index is 2.12. The summed E-state index contributed by atoms with van der Waals surface area (Å²) in [7, 11) is 0. The van der Waals surface area contributed by atoms with Gasteiger partial charge in [0.25, 0.3) is 11.6 Å². The molecule has 0 saturated heterocycles. The molecule has 0 aromatic heterocycles. The Hall–Kier alpha value is -3.13. The lowest BCUT2D eigenvalue weighted by atomic mass is 10.1. The second kappa shape index (κ2) is 10.4. The number of nitro benzene ring substituents is 1. The third-order valence-electron chi connectivity index (χ3n) is 4.06. The zero-order chi connectivity index (χ0) is 21.4. The number of nitrogens with one attached hydrogen (secondary N) is 2. The van der Waals surface area contributed by atoms with Gasteiger partial charge >= 0.3 is 5.97 Å². The van der Waals surface area contributed by atoms with Crippen molar-refractivity contribution in [1.82, 2.24) is 5.32 Å². The first kappa shape index (κ1) is 22.2. The molecule has 8 nitrogen and oxygen atoms in total. The molecule has 9 heteroatoms. The van der Waals surface area contributed by atoms with E-state index in [4.69, 9.17) is 16.3 Å². The van der Waals surface area contributed by atoms with E-state index in [2.05, 4.69) is 10.6 Å². The van der Waals surface area contributed by atoms with E-state index in [0.717, 1.165) is 18.1 Å².